The van der Waals surface area contributed by atoms with Crippen LogP contribution in [-0.4, -0.2) is 42.8 Å². The van der Waals surface area contributed by atoms with E-state index in [1.165, 1.54) is 0 Å². The minimum atomic E-state index is -0.416. The molecule has 0 radical (unpaired) electrons. The van der Waals surface area contributed by atoms with Gasteiger partial charge in [-0.2, -0.15) is 0 Å². The molecule has 0 aromatic carbocycles. The molecule has 1 fully saturated rings. The molecule has 1 amide bonds. The van der Waals surface area contributed by atoms with E-state index >= 15 is 0 Å². The summed E-state index contributed by atoms with van der Waals surface area (Å²) < 4.78 is 5.32. The highest BCUT2D eigenvalue weighted by atomic mass is 16.6. The maximum absolute atomic E-state index is 11.8. The van der Waals surface area contributed by atoms with Gasteiger partial charge in [0.2, 0.25) is 0 Å². The third kappa shape index (κ3) is 3.38. The average molecular weight is 214 g/mol. The number of carbonyl (C=O) groups excluding carboxylic acids is 1. The Hall–Kier alpha value is -0.770. The second-order valence-corrected chi connectivity index (χ2v) is 5.29. The van der Waals surface area contributed by atoms with Gasteiger partial charge in [-0.25, -0.2) is 4.79 Å². The van der Waals surface area contributed by atoms with Gasteiger partial charge in [-0.1, -0.05) is 6.92 Å². The molecule has 15 heavy (non-hydrogen) atoms. The molecule has 0 spiro atoms. The number of ether oxygens (including phenoxy) is 1. The van der Waals surface area contributed by atoms with Gasteiger partial charge >= 0.3 is 6.09 Å². The third-order valence-electron chi connectivity index (χ3n) is 2.66. The maximum Gasteiger partial charge on any atom is 0.410 e. The van der Waals surface area contributed by atoms with Crippen molar-refractivity contribution in [2.24, 2.45) is 5.92 Å². The van der Waals surface area contributed by atoms with Gasteiger partial charge in [-0.3, -0.25) is 0 Å². The first-order valence-electron chi connectivity index (χ1n) is 5.48. The fourth-order valence-corrected chi connectivity index (χ4v) is 1.78. The lowest BCUT2D eigenvalue weighted by molar-refractivity contribution is 0.0207. The average Bonchev–Trinajstić information content (AvgIpc) is 2.47. The maximum atomic E-state index is 11.8. The molecular formula is C11H22N2O2. The molecular weight excluding hydrogens is 192 g/mol. The molecule has 4 heteroatoms. The summed E-state index contributed by atoms with van der Waals surface area (Å²) in [6, 6.07) is 0.250. The molecule has 0 aliphatic carbocycles. The van der Waals surface area contributed by atoms with Crippen LogP contribution in [0.1, 0.15) is 27.7 Å². The molecule has 1 rings (SSSR count). The van der Waals surface area contributed by atoms with Gasteiger partial charge in [0, 0.05) is 13.6 Å². The number of hydrogen-bond acceptors (Lipinski definition) is 3. The number of nitrogens with one attached hydrogen (secondary N) is 1. The predicted octanol–water partition coefficient (Wildman–Crippen LogP) is 1.46. The summed E-state index contributed by atoms with van der Waals surface area (Å²) in [6.45, 7) is 9.62. The summed E-state index contributed by atoms with van der Waals surface area (Å²) in [7, 11) is 1.81. The van der Waals surface area contributed by atoms with Crippen molar-refractivity contribution < 1.29 is 9.53 Å². The first-order valence-corrected chi connectivity index (χ1v) is 5.48. The molecule has 1 aliphatic rings. The lowest BCUT2D eigenvalue weighted by Gasteiger charge is -2.30. The second-order valence-electron chi connectivity index (χ2n) is 5.29. The summed E-state index contributed by atoms with van der Waals surface area (Å²) in [5.74, 6) is 0.488. The molecule has 0 bridgehead atoms. The minimum Gasteiger partial charge on any atom is -0.444 e. The first kappa shape index (κ1) is 12.3. The zero-order valence-corrected chi connectivity index (χ0v) is 10.3. The number of amides is 1. The highest BCUT2D eigenvalue weighted by molar-refractivity contribution is 5.68. The Morgan fingerprint density at radius 2 is 2.00 bits per heavy atom. The lowest BCUT2D eigenvalue weighted by atomic mass is 10.1. The van der Waals surface area contributed by atoms with Crippen molar-refractivity contribution in [1.29, 1.82) is 0 Å². The minimum absolute atomic E-state index is 0.233. The SMILES string of the molecule is C[C@@H]1CNC[C@H]1N(C)C(=O)OC(C)(C)C. The smallest absolute Gasteiger partial charge is 0.410 e. The summed E-state index contributed by atoms with van der Waals surface area (Å²) >= 11 is 0. The van der Waals surface area contributed by atoms with Crippen LogP contribution in [0, 0.1) is 5.92 Å². The summed E-state index contributed by atoms with van der Waals surface area (Å²) in [4.78, 5) is 13.5. The van der Waals surface area contributed by atoms with Gasteiger partial charge in [0.15, 0.2) is 0 Å². The summed E-state index contributed by atoms with van der Waals surface area (Å²) in [5.41, 5.74) is -0.416. The molecule has 0 aromatic heterocycles. The summed E-state index contributed by atoms with van der Waals surface area (Å²) in [5, 5.41) is 3.27. The molecule has 4 nitrogen and oxygen atoms in total. The molecule has 1 saturated heterocycles. The Bertz CT molecular complexity index is 235. The van der Waals surface area contributed by atoms with E-state index in [0.717, 1.165) is 13.1 Å². The van der Waals surface area contributed by atoms with Gasteiger partial charge in [0.25, 0.3) is 0 Å². The van der Waals surface area contributed by atoms with E-state index in [4.69, 9.17) is 4.74 Å². The zero-order chi connectivity index (χ0) is 11.6. The monoisotopic (exact) mass is 214 g/mol. The van der Waals surface area contributed by atoms with E-state index in [2.05, 4.69) is 12.2 Å². The van der Waals surface area contributed by atoms with Crippen molar-refractivity contribution >= 4 is 6.09 Å². The van der Waals surface area contributed by atoms with E-state index in [1.54, 1.807) is 4.90 Å². The topological polar surface area (TPSA) is 41.6 Å². The third-order valence-corrected chi connectivity index (χ3v) is 2.66. The van der Waals surface area contributed by atoms with Crippen LogP contribution in [0.5, 0.6) is 0 Å². The Morgan fingerprint density at radius 3 is 2.40 bits per heavy atom. The number of nitrogens with zero attached hydrogens (tertiary/aromatic N) is 1. The van der Waals surface area contributed by atoms with E-state index in [0.29, 0.717) is 5.92 Å². The quantitative estimate of drug-likeness (QED) is 0.718. The van der Waals surface area contributed by atoms with Crippen molar-refractivity contribution in [3.05, 3.63) is 0 Å². The molecule has 2 atom stereocenters. The van der Waals surface area contributed by atoms with Crippen LogP contribution in [0.4, 0.5) is 4.79 Å². The highest BCUT2D eigenvalue weighted by Crippen LogP contribution is 2.17. The van der Waals surface area contributed by atoms with Crippen LogP contribution >= 0.6 is 0 Å². The van der Waals surface area contributed by atoms with E-state index in [1.807, 2.05) is 27.8 Å². The normalized spacial score (nSPS) is 26.5. The van der Waals surface area contributed by atoms with E-state index < -0.39 is 5.60 Å². The van der Waals surface area contributed by atoms with Crippen LogP contribution in [0.2, 0.25) is 0 Å². The van der Waals surface area contributed by atoms with Crippen LogP contribution in [0.25, 0.3) is 0 Å². The van der Waals surface area contributed by atoms with Gasteiger partial charge in [0.1, 0.15) is 5.60 Å². The highest BCUT2D eigenvalue weighted by Gasteiger charge is 2.31. The largest absolute Gasteiger partial charge is 0.444 e. The molecule has 1 aliphatic heterocycles. The first-order chi connectivity index (χ1) is 6.81. The van der Waals surface area contributed by atoms with Gasteiger partial charge in [-0.05, 0) is 33.2 Å². The molecule has 0 saturated carbocycles. The lowest BCUT2D eigenvalue weighted by Crippen LogP contribution is -2.44. The zero-order valence-electron chi connectivity index (χ0n) is 10.3. The number of carbonyl (C=O) groups is 1. The number of likely N-dealkylation sites (N-methyl/N-ethyl adjacent to an activating group) is 1. The Labute approximate surface area is 92.0 Å². The van der Waals surface area contributed by atoms with Crippen LogP contribution in [0.15, 0.2) is 0 Å². The van der Waals surface area contributed by atoms with Crippen LogP contribution < -0.4 is 5.32 Å². The fraction of sp³-hybridized carbons (Fsp3) is 0.909. The van der Waals surface area contributed by atoms with E-state index in [-0.39, 0.29) is 12.1 Å². The van der Waals surface area contributed by atoms with Gasteiger partial charge < -0.3 is 15.0 Å². The van der Waals surface area contributed by atoms with Crippen LogP contribution in [-0.2, 0) is 4.74 Å². The molecule has 1 heterocycles. The van der Waals surface area contributed by atoms with Crippen molar-refractivity contribution in [3.63, 3.8) is 0 Å². The molecule has 88 valence electrons. The molecule has 0 aromatic rings. The molecule has 0 unspecified atom stereocenters. The van der Waals surface area contributed by atoms with Crippen molar-refractivity contribution in [3.8, 4) is 0 Å². The number of rotatable bonds is 1. The number of hydrogen-bond donors (Lipinski definition) is 1. The predicted molar refractivity (Wildman–Crippen MR) is 59.8 cm³/mol. The molecule has 1 N–H and O–H groups in total. The van der Waals surface area contributed by atoms with Crippen molar-refractivity contribution in [2.75, 3.05) is 20.1 Å². The Balaban J connectivity index is 2.52. The van der Waals surface area contributed by atoms with Gasteiger partial charge in [0.05, 0.1) is 6.04 Å². The standard InChI is InChI=1S/C11H22N2O2/c1-8-6-12-7-9(8)13(5)10(14)15-11(2,3)4/h8-9,12H,6-7H2,1-5H3/t8-,9-/m1/s1. The summed E-state index contributed by atoms with van der Waals surface area (Å²) in [6.07, 6.45) is -0.233. The van der Waals surface area contributed by atoms with Crippen LogP contribution in [0.3, 0.4) is 0 Å². The fourth-order valence-electron chi connectivity index (χ4n) is 1.78. The van der Waals surface area contributed by atoms with Crippen molar-refractivity contribution in [1.82, 2.24) is 10.2 Å². The second kappa shape index (κ2) is 4.39. The Morgan fingerprint density at radius 1 is 1.40 bits per heavy atom. The Kier molecular flexibility index (Phi) is 3.60. The van der Waals surface area contributed by atoms with E-state index in [9.17, 15) is 4.79 Å². The van der Waals surface area contributed by atoms with Gasteiger partial charge in [-0.15, -0.1) is 0 Å². The van der Waals surface area contributed by atoms with Crippen molar-refractivity contribution in [2.45, 2.75) is 39.3 Å².